The number of benzene rings is 2. The lowest BCUT2D eigenvalue weighted by Gasteiger charge is -2.05. The summed E-state index contributed by atoms with van der Waals surface area (Å²) in [6, 6.07) is 13.3. The van der Waals surface area contributed by atoms with Crippen molar-refractivity contribution < 1.29 is 9.53 Å². The molecule has 0 spiro atoms. The van der Waals surface area contributed by atoms with E-state index in [1.54, 1.807) is 12.1 Å². The van der Waals surface area contributed by atoms with Gasteiger partial charge in [-0.05, 0) is 49.2 Å². The molecule has 3 aromatic rings. The van der Waals surface area contributed by atoms with Crippen molar-refractivity contribution in [2.45, 2.75) is 26.7 Å². The van der Waals surface area contributed by atoms with E-state index in [1.165, 1.54) is 16.9 Å². The fraction of sp³-hybridized carbons (Fsp3) is 0.300. The van der Waals surface area contributed by atoms with E-state index >= 15 is 0 Å². The highest BCUT2D eigenvalue weighted by atomic mass is 32.1. The molecule has 4 nitrogen and oxygen atoms in total. The van der Waals surface area contributed by atoms with E-state index in [0.29, 0.717) is 17.0 Å². The first-order valence-electron chi connectivity index (χ1n) is 8.47. The molecule has 0 saturated heterocycles. The zero-order valence-electron chi connectivity index (χ0n) is 14.8. The average molecular weight is 354 g/mol. The number of ether oxygens (including phenoxy) is 1. The summed E-state index contributed by atoms with van der Waals surface area (Å²) >= 11 is 1.53. The van der Waals surface area contributed by atoms with Gasteiger partial charge in [0, 0.05) is 12.6 Å². The Morgan fingerprint density at radius 3 is 2.64 bits per heavy atom. The van der Waals surface area contributed by atoms with Crippen molar-refractivity contribution in [2.24, 2.45) is 12.0 Å². The number of nitrogens with zero attached hydrogens (tertiary/aromatic N) is 2. The van der Waals surface area contributed by atoms with Crippen LogP contribution in [0.15, 0.2) is 47.5 Å². The second-order valence-corrected chi connectivity index (χ2v) is 7.02. The van der Waals surface area contributed by atoms with Crippen LogP contribution < -0.4 is 9.54 Å². The van der Waals surface area contributed by atoms with Crippen LogP contribution in [0, 0.1) is 6.92 Å². The van der Waals surface area contributed by atoms with Crippen LogP contribution >= 0.6 is 11.3 Å². The number of carbonyl (C=O) groups is 1. The second-order valence-electron chi connectivity index (χ2n) is 6.01. The van der Waals surface area contributed by atoms with Crippen molar-refractivity contribution in [3.05, 3.63) is 58.4 Å². The van der Waals surface area contributed by atoms with E-state index in [9.17, 15) is 4.79 Å². The molecule has 0 N–H and O–H groups in total. The van der Waals surface area contributed by atoms with E-state index < -0.39 is 0 Å². The second kappa shape index (κ2) is 7.66. The number of carbonyl (C=O) groups excluding carboxylic acids is 1. The normalized spacial score (nSPS) is 11.9. The maximum absolute atomic E-state index is 12.5. The Labute approximate surface area is 151 Å². The highest BCUT2D eigenvalue weighted by molar-refractivity contribution is 7.16. The number of hydrogen-bond acceptors (Lipinski definition) is 3. The molecule has 0 aliphatic carbocycles. The third-order valence-corrected chi connectivity index (χ3v) is 5.19. The molecule has 0 radical (unpaired) electrons. The monoisotopic (exact) mass is 354 g/mol. The van der Waals surface area contributed by atoms with Crippen LogP contribution in [0.3, 0.4) is 0 Å². The summed E-state index contributed by atoms with van der Waals surface area (Å²) in [5, 5.41) is 0. The van der Waals surface area contributed by atoms with Crippen LogP contribution in [0.5, 0.6) is 5.75 Å². The largest absolute Gasteiger partial charge is 0.494 e. The highest BCUT2D eigenvalue weighted by Gasteiger charge is 2.08. The Morgan fingerprint density at radius 1 is 1.20 bits per heavy atom. The van der Waals surface area contributed by atoms with Gasteiger partial charge in [-0.25, -0.2) is 0 Å². The van der Waals surface area contributed by atoms with Crippen LogP contribution in [-0.4, -0.2) is 17.1 Å². The summed E-state index contributed by atoms with van der Waals surface area (Å²) in [6.07, 6.45) is 2.12. The fourth-order valence-corrected chi connectivity index (χ4v) is 3.78. The molecular weight excluding hydrogens is 332 g/mol. The molecule has 130 valence electrons. The van der Waals surface area contributed by atoms with Crippen molar-refractivity contribution in [1.82, 2.24) is 4.57 Å². The van der Waals surface area contributed by atoms with Gasteiger partial charge in [-0.15, -0.1) is 0 Å². The summed E-state index contributed by atoms with van der Waals surface area (Å²) in [5.41, 5.74) is 2.87. The molecule has 0 bridgehead atoms. The number of unbranched alkanes of at least 4 members (excludes halogenated alkanes) is 1. The lowest BCUT2D eigenvalue weighted by Crippen LogP contribution is -2.13. The molecule has 1 aromatic heterocycles. The van der Waals surface area contributed by atoms with Gasteiger partial charge in [0.05, 0.1) is 16.8 Å². The van der Waals surface area contributed by atoms with Gasteiger partial charge in [-0.2, -0.15) is 4.99 Å². The summed E-state index contributed by atoms with van der Waals surface area (Å²) in [7, 11) is 1.95. The van der Waals surface area contributed by atoms with Crippen LogP contribution in [0.2, 0.25) is 0 Å². The molecule has 0 saturated carbocycles. The van der Waals surface area contributed by atoms with Crippen molar-refractivity contribution in [1.29, 1.82) is 0 Å². The predicted molar refractivity (Wildman–Crippen MR) is 102 cm³/mol. The van der Waals surface area contributed by atoms with Crippen molar-refractivity contribution in [3.8, 4) is 5.75 Å². The van der Waals surface area contributed by atoms with Crippen LogP contribution in [0.4, 0.5) is 0 Å². The molecular formula is C20H22N2O2S. The molecule has 0 aliphatic rings. The summed E-state index contributed by atoms with van der Waals surface area (Å²) in [4.78, 5) is 17.5. The van der Waals surface area contributed by atoms with Gasteiger partial charge < -0.3 is 9.30 Å². The molecule has 2 aromatic carbocycles. The first-order chi connectivity index (χ1) is 12.1. The molecule has 0 atom stereocenters. The number of rotatable bonds is 5. The number of fused-ring (bicyclic) bond motifs is 1. The maximum atomic E-state index is 12.5. The fourth-order valence-electron chi connectivity index (χ4n) is 2.68. The van der Waals surface area contributed by atoms with Crippen molar-refractivity contribution >= 4 is 27.5 Å². The van der Waals surface area contributed by atoms with Gasteiger partial charge in [-0.3, -0.25) is 4.79 Å². The predicted octanol–water partition coefficient (Wildman–Crippen LogP) is 4.47. The zero-order valence-corrected chi connectivity index (χ0v) is 15.6. The lowest BCUT2D eigenvalue weighted by molar-refractivity contribution is 0.0998. The highest BCUT2D eigenvalue weighted by Crippen LogP contribution is 2.20. The topological polar surface area (TPSA) is 43.6 Å². The third-order valence-electron chi connectivity index (χ3n) is 4.09. The van der Waals surface area contributed by atoms with Gasteiger partial charge in [-0.1, -0.05) is 36.8 Å². The maximum Gasteiger partial charge on any atom is 0.279 e. The molecule has 5 heteroatoms. The van der Waals surface area contributed by atoms with E-state index in [-0.39, 0.29) is 5.91 Å². The number of para-hydroxylation sites is 1. The van der Waals surface area contributed by atoms with E-state index in [4.69, 9.17) is 4.74 Å². The molecule has 1 heterocycles. The van der Waals surface area contributed by atoms with Crippen LogP contribution in [-0.2, 0) is 7.05 Å². The van der Waals surface area contributed by atoms with Crippen molar-refractivity contribution in [2.75, 3.05) is 6.61 Å². The van der Waals surface area contributed by atoms with Gasteiger partial charge >= 0.3 is 0 Å². The van der Waals surface area contributed by atoms with Crippen LogP contribution in [0.25, 0.3) is 10.2 Å². The molecule has 0 unspecified atom stereocenters. The Balaban J connectivity index is 1.85. The van der Waals surface area contributed by atoms with Gasteiger partial charge in [0.2, 0.25) is 0 Å². The van der Waals surface area contributed by atoms with Gasteiger partial charge in [0.1, 0.15) is 5.75 Å². The minimum absolute atomic E-state index is 0.236. The summed E-state index contributed by atoms with van der Waals surface area (Å²) in [5.74, 6) is 0.549. The van der Waals surface area contributed by atoms with E-state index in [0.717, 1.165) is 28.8 Å². The SMILES string of the molecule is CCCCOc1ccc(C(=O)N=c2sc3cccc(C)c3n2C)cc1. The smallest absolute Gasteiger partial charge is 0.279 e. The zero-order chi connectivity index (χ0) is 17.8. The third kappa shape index (κ3) is 3.82. The summed E-state index contributed by atoms with van der Waals surface area (Å²) in [6.45, 7) is 4.89. The Bertz CT molecular complexity index is 952. The molecule has 25 heavy (non-hydrogen) atoms. The summed E-state index contributed by atoms with van der Waals surface area (Å²) < 4.78 is 8.74. The standard InChI is InChI=1S/C20H22N2O2S/c1-4-5-13-24-16-11-9-15(10-12-16)19(23)21-20-22(3)18-14(2)7-6-8-17(18)25-20/h6-12H,4-5,13H2,1-3H3. The van der Waals surface area contributed by atoms with Crippen LogP contribution in [0.1, 0.15) is 35.7 Å². The number of thiazole rings is 1. The Hall–Kier alpha value is -2.40. The quantitative estimate of drug-likeness (QED) is 0.635. The number of hydrogen-bond donors (Lipinski definition) is 0. The minimum atomic E-state index is -0.236. The number of aromatic nitrogens is 1. The molecule has 1 amide bonds. The van der Waals surface area contributed by atoms with Gasteiger partial charge in [0.15, 0.2) is 4.80 Å². The van der Waals surface area contributed by atoms with Gasteiger partial charge in [0.25, 0.3) is 5.91 Å². The molecule has 0 aliphatic heterocycles. The first-order valence-corrected chi connectivity index (χ1v) is 9.29. The molecule has 0 fully saturated rings. The Morgan fingerprint density at radius 2 is 1.96 bits per heavy atom. The number of aryl methyl sites for hydroxylation is 2. The molecule has 3 rings (SSSR count). The lowest BCUT2D eigenvalue weighted by atomic mass is 10.2. The van der Waals surface area contributed by atoms with Crippen molar-refractivity contribution in [3.63, 3.8) is 0 Å². The first kappa shape index (κ1) is 17.4. The minimum Gasteiger partial charge on any atom is -0.494 e. The average Bonchev–Trinajstić information content (AvgIpc) is 2.93. The Kier molecular flexibility index (Phi) is 5.34. The number of amides is 1. The van der Waals surface area contributed by atoms with E-state index in [2.05, 4.69) is 31.0 Å². The van der Waals surface area contributed by atoms with E-state index in [1.807, 2.05) is 29.8 Å².